The van der Waals surface area contributed by atoms with Crippen LogP contribution >= 0.6 is 0 Å². The van der Waals surface area contributed by atoms with Crippen molar-refractivity contribution in [3.63, 3.8) is 0 Å². The number of hydrogen-bond acceptors (Lipinski definition) is 2. The summed E-state index contributed by atoms with van der Waals surface area (Å²) in [6.45, 7) is 4.41. The highest BCUT2D eigenvalue weighted by atomic mass is 16.4. The van der Waals surface area contributed by atoms with Crippen molar-refractivity contribution in [1.82, 2.24) is 4.57 Å². The first-order valence-corrected chi connectivity index (χ1v) is 8.73. The zero-order chi connectivity index (χ0) is 18.5. The van der Waals surface area contributed by atoms with Crippen LogP contribution in [0.1, 0.15) is 47.8 Å². The minimum atomic E-state index is -0.924. The molecule has 132 valence electrons. The van der Waals surface area contributed by atoms with E-state index < -0.39 is 5.97 Å². The number of carboxylic acids is 1. The maximum atomic E-state index is 11.0. The van der Waals surface area contributed by atoms with Gasteiger partial charge < -0.3 is 9.67 Å². The van der Waals surface area contributed by atoms with E-state index in [9.17, 15) is 4.79 Å². The molecular weight excluding hydrogens is 324 g/mol. The van der Waals surface area contributed by atoms with Gasteiger partial charge in [-0.15, -0.1) is 0 Å². The maximum absolute atomic E-state index is 11.0. The summed E-state index contributed by atoms with van der Waals surface area (Å²) in [6.07, 6.45) is 4.88. The Labute approximate surface area is 153 Å². The molecule has 0 unspecified atom stereocenters. The largest absolute Gasteiger partial charge is 0.478 e. The highest BCUT2D eigenvalue weighted by Crippen LogP contribution is 2.22. The van der Waals surface area contributed by atoms with Crippen molar-refractivity contribution >= 4 is 17.9 Å². The monoisotopic (exact) mass is 346 g/mol. The molecule has 1 aromatic heterocycles. The van der Waals surface area contributed by atoms with Crippen LogP contribution in [0, 0.1) is 0 Å². The van der Waals surface area contributed by atoms with Gasteiger partial charge in [-0.25, -0.2) is 4.79 Å². The first-order chi connectivity index (χ1) is 12.6. The van der Waals surface area contributed by atoms with Gasteiger partial charge in [-0.2, -0.15) is 0 Å². The molecule has 0 saturated heterocycles. The van der Waals surface area contributed by atoms with E-state index in [0.29, 0.717) is 5.92 Å². The smallest absolute Gasteiger partial charge is 0.335 e. The zero-order valence-electron chi connectivity index (χ0n) is 15.0. The Hall–Kier alpha value is -3.14. The topological polar surface area (TPSA) is 54.6 Å². The van der Waals surface area contributed by atoms with E-state index in [0.717, 1.165) is 23.5 Å². The van der Waals surface area contributed by atoms with Crippen LogP contribution in [-0.2, 0) is 0 Å². The lowest BCUT2D eigenvalue weighted by Gasteiger charge is -2.08. The number of aromatic carboxylic acids is 1. The van der Waals surface area contributed by atoms with Crippen molar-refractivity contribution in [1.29, 1.82) is 0 Å². The van der Waals surface area contributed by atoms with Gasteiger partial charge in [0.2, 0.25) is 0 Å². The fourth-order valence-corrected chi connectivity index (χ4v) is 2.76. The fourth-order valence-electron chi connectivity index (χ4n) is 2.76. The Kier molecular flexibility index (Phi) is 5.32. The Balaban J connectivity index is 1.80. The predicted molar refractivity (Wildman–Crippen MR) is 105 cm³/mol. The van der Waals surface area contributed by atoms with Crippen LogP contribution in [0.15, 0.2) is 71.9 Å². The Bertz CT molecular complexity index is 906. The maximum Gasteiger partial charge on any atom is 0.335 e. The van der Waals surface area contributed by atoms with Crippen molar-refractivity contribution in [2.24, 2.45) is 4.99 Å². The van der Waals surface area contributed by atoms with Gasteiger partial charge in [-0.3, -0.25) is 4.99 Å². The summed E-state index contributed by atoms with van der Waals surface area (Å²) < 4.78 is 1.97. The highest BCUT2D eigenvalue weighted by Gasteiger charge is 2.05. The lowest BCUT2D eigenvalue weighted by Crippen LogP contribution is -2.00. The van der Waals surface area contributed by atoms with Crippen LogP contribution in [0.25, 0.3) is 5.69 Å². The van der Waals surface area contributed by atoms with Gasteiger partial charge in [0.1, 0.15) is 0 Å². The fraction of sp³-hybridized carbons (Fsp3) is 0.182. The summed E-state index contributed by atoms with van der Waals surface area (Å²) in [6, 6.07) is 19.0. The van der Waals surface area contributed by atoms with Gasteiger partial charge in [0.15, 0.2) is 0 Å². The molecule has 26 heavy (non-hydrogen) atoms. The molecule has 0 aliphatic heterocycles. The molecule has 1 heterocycles. The second kappa shape index (κ2) is 7.83. The van der Waals surface area contributed by atoms with Crippen molar-refractivity contribution in [2.75, 3.05) is 0 Å². The summed E-state index contributed by atoms with van der Waals surface area (Å²) in [5.41, 5.74) is 4.34. The molecule has 0 amide bonds. The molecule has 4 heteroatoms. The van der Waals surface area contributed by atoms with Crippen molar-refractivity contribution in [3.05, 3.63) is 83.7 Å². The molecule has 0 radical (unpaired) electrons. The van der Waals surface area contributed by atoms with E-state index in [2.05, 4.69) is 31.0 Å². The second-order valence-corrected chi connectivity index (χ2v) is 6.31. The number of carbonyl (C=O) groups is 1. The number of hydrogen-bond donors (Lipinski definition) is 1. The molecule has 0 aliphatic carbocycles. The minimum absolute atomic E-state index is 0.275. The summed E-state index contributed by atoms with van der Waals surface area (Å²) in [7, 11) is 0. The molecule has 2 aromatic carbocycles. The molecule has 4 nitrogen and oxygen atoms in total. The van der Waals surface area contributed by atoms with E-state index in [4.69, 9.17) is 5.11 Å². The SMILES string of the molecule is CC[C@@H](C)c1ccc(N=Cc2cccn2-c2ccc(C(=O)O)cc2)cc1. The van der Waals surface area contributed by atoms with Crippen LogP contribution < -0.4 is 0 Å². The Morgan fingerprint density at radius 3 is 2.42 bits per heavy atom. The van der Waals surface area contributed by atoms with Gasteiger partial charge in [-0.05, 0) is 66.4 Å². The quantitative estimate of drug-likeness (QED) is 0.604. The Morgan fingerprint density at radius 2 is 1.81 bits per heavy atom. The van der Waals surface area contributed by atoms with E-state index in [1.165, 1.54) is 5.56 Å². The summed E-state index contributed by atoms with van der Waals surface area (Å²) in [4.78, 5) is 15.5. The molecule has 0 aliphatic rings. The van der Waals surface area contributed by atoms with Crippen molar-refractivity contribution in [3.8, 4) is 5.69 Å². The third kappa shape index (κ3) is 3.91. The average Bonchev–Trinajstić information content (AvgIpc) is 3.15. The van der Waals surface area contributed by atoms with Gasteiger partial charge in [0.05, 0.1) is 23.2 Å². The molecule has 3 rings (SSSR count). The number of benzene rings is 2. The van der Waals surface area contributed by atoms with Crippen LogP contribution in [-0.4, -0.2) is 21.9 Å². The first kappa shape index (κ1) is 17.7. The molecule has 0 spiro atoms. The van der Waals surface area contributed by atoms with Gasteiger partial charge in [-0.1, -0.05) is 26.0 Å². The lowest BCUT2D eigenvalue weighted by molar-refractivity contribution is 0.0697. The Morgan fingerprint density at radius 1 is 1.12 bits per heavy atom. The second-order valence-electron chi connectivity index (χ2n) is 6.31. The van der Waals surface area contributed by atoms with Crippen LogP contribution in [0.3, 0.4) is 0 Å². The number of aromatic nitrogens is 1. The summed E-state index contributed by atoms with van der Waals surface area (Å²) in [5.74, 6) is -0.370. The molecule has 0 saturated carbocycles. The van der Waals surface area contributed by atoms with Crippen LogP contribution in [0.2, 0.25) is 0 Å². The molecular formula is C22H22N2O2. The van der Waals surface area contributed by atoms with Crippen molar-refractivity contribution < 1.29 is 9.90 Å². The first-order valence-electron chi connectivity index (χ1n) is 8.73. The number of aliphatic imine (C=N–C) groups is 1. The summed E-state index contributed by atoms with van der Waals surface area (Å²) in [5, 5.41) is 9.01. The summed E-state index contributed by atoms with van der Waals surface area (Å²) >= 11 is 0. The standard InChI is InChI=1S/C22H22N2O2/c1-3-16(2)17-6-10-19(11-7-17)23-15-21-5-4-14-24(21)20-12-8-18(9-13-20)22(25)26/h4-16H,3H2,1-2H3,(H,25,26)/t16-/m1/s1. The van der Waals surface area contributed by atoms with Crippen LogP contribution in [0.5, 0.6) is 0 Å². The van der Waals surface area contributed by atoms with Gasteiger partial charge in [0, 0.05) is 11.9 Å². The molecule has 1 atom stereocenters. The third-order valence-electron chi connectivity index (χ3n) is 4.59. The zero-order valence-corrected chi connectivity index (χ0v) is 15.0. The van der Waals surface area contributed by atoms with Crippen LogP contribution in [0.4, 0.5) is 5.69 Å². The molecule has 0 bridgehead atoms. The number of carboxylic acid groups (broad SMARTS) is 1. The third-order valence-corrected chi connectivity index (χ3v) is 4.59. The predicted octanol–water partition coefficient (Wildman–Crippen LogP) is 5.44. The number of rotatable bonds is 6. The van der Waals surface area contributed by atoms with Crippen molar-refractivity contribution in [2.45, 2.75) is 26.2 Å². The van der Waals surface area contributed by atoms with E-state index in [1.807, 2.05) is 41.2 Å². The normalized spacial score (nSPS) is 12.4. The van der Waals surface area contributed by atoms with E-state index in [-0.39, 0.29) is 5.56 Å². The van der Waals surface area contributed by atoms with E-state index in [1.54, 1.807) is 24.3 Å². The van der Waals surface area contributed by atoms with E-state index >= 15 is 0 Å². The lowest BCUT2D eigenvalue weighted by atomic mass is 9.99. The molecule has 0 fully saturated rings. The van der Waals surface area contributed by atoms with Gasteiger partial charge >= 0.3 is 5.97 Å². The highest BCUT2D eigenvalue weighted by molar-refractivity contribution is 5.88. The average molecular weight is 346 g/mol. The van der Waals surface area contributed by atoms with Gasteiger partial charge in [0.25, 0.3) is 0 Å². The minimum Gasteiger partial charge on any atom is -0.478 e. The molecule has 3 aromatic rings. The number of nitrogens with zero attached hydrogens (tertiary/aromatic N) is 2. The molecule has 1 N–H and O–H groups in total.